The Hall–Kier alpha value is -2.69. The zero-order valence-corrected chi connectivity index (χ0v) is 16.4. The van der Waals surface area contributed by atoms with Gasteiger partial charge in [-0.25, -0.2) is 4.79 Å². The number of carbonyl (C=O) groups is 2. The van der Waals surface area contributed by atoms with Crippen LogP contribution in [0.15, 0.2) is 42.6 Å². The number of rotatable bonds is 4. The molecule has 5 heteroatoms. The highest BCUT2D eigenvalue weighted by atomic mass is 16.6. The van der Waals surface area contributed by atoms with E-state index in [1.165, 1.54) is 0 Å². The summed E-state index contributed by atoms with van der Waals surface area (Å²) in [6.07, 6.45) is 4.78. The van der Waals surface area contributed by atoms with Crippen molar-refractivity contribution in [1.82, 2.24) is 9.88 Å². The Morgan fingerprint density at radius 2 is 1.79 bits per heavy atom. The summed E-state index contributed by atoms with van der Waals surface area (Å²) < 4.78 is 5.55. The van der Waals surface area contributed by atoms with Crippen LogP contribution in [0.5, 0.6) is 0 Å². The van der Waals surface area contributed by atoms with Crippen LogP contribution in [-0.2, 0) is 11.3 Å². The maximum absolute atomic E-state index is 13.0. The van der Waals surface area contributed by atoms with Gasteiger partial charge in [0.1, 0.15) is 12.3 Å². The van der Waals surface area contributed by atoms with Gasteiger partial charge in [0.2, 0.25) is 0 Å². The summed E-state index contributed by atoms with van der Waals surface area (Å²) in [6.45, 7) is 4.20. The topological polar surface area (TPSA) is 59.5 Å². The molecule has 146 valence electrons. The van der Waals surface area contributed by atoms with Gasteiger partial charge in [-0.3, -0.25) is 9.78 Å². The molecule has 2 aliphatic heterocycles. The number of aromatic nitrogens is 1. The molecule has 0 spiro atoms. The van der Waals surface area contributed by atoms with Crippen molar-refractivity contribution in [1.29, 1.82) is 0 Å². The molecule has 2 aromatic rings. The van der Waals surface area contributed by atoms with E-state index >= 15 is 0 Å². The van der Waals surface area contributed by atoms with Gasteiger partial charge in [0.05, 0.1) is 0 Å². The molecule has 2 fully saturated rings. The molecule has 2 bridgehead atoms. The third-order valence-electron chi connectivity index (χ3n) is 5.97. The highest BCUT2D eigenvalue weighted by molar-refractivity contribution is 5.97. The van der Waals surface area contributed by atoms with E-state index < -0.39 is 0 Å². The van der Waals surface area contributed by atoms with E-state index in [1.54, 1.807) is 6.20 Å². The number of aryl methyl sites for hydroxylation is 2. The van der Waals surface area contributed by atoms with Crippen LogP contribution < -0.4 is 0 Å². The second kappa shape index (κ2) is 7.74. The van der Waals surface area contributed by atoms with Crippen LogP contribution in [0.25, 0.3) is 0 Å². The molecule has 0 saturated carbocycles. The van der Waals surface area contributed by atoms with Crippen LogP contribution in [0.3, 0.4) is 0 Å². The molecule has 1 aromatic carbocycles. The van der Waals surface area contributed by atoms with Crippen molar-refractivity contribution in [2.24, 2.45) is 5.92 Å². The lowest BCUT2D eigenvalue weighted by Gasteiger charge is -2.37. The van der Waals surface area contributed by atoms with Crippen molar-refractivity contribution in [3.8, 4) is 0 Å². The number of nitrogens with zero attached hydrogens (tertiary/aromatic N) is 2. The summed E-state index contributed by atoms with van der Waals surface area (Å²) in [5, 5.41) is 0. The number of pyridine rings is 1. The van der Waals surface area contributed by atoms with E-state index in [-0.39, 0.29) is 36.5 Å². The van der Waals surface area contributed by atoms with Crippen LogP contribution in [0.2, 0.25) is 0 Å². The summed E-state index contributed by atoms with van der Waals surface area (Å²) in [7, 11) is 0. The third kappa shape index (κ3) is 3.66. The highest BCUT2D eigenvalue weighted by Gasteiger charge is 2.46. The van der Waals surface area contributed by atoms with Gasteiger partial charge in [0.25, 0.3) is 0 Å². The second-order valence-corrected chi connectivity index (χ2v) is 8.04. The van der Waals surface area contributed by atoms with Crippen LogP contribution in [0, 0.1) is 19.8 Å². The number of Topliss-reactive ketones (excluding diaryl/α,β-unsaturated/α-hetero) is 1. The summed E-state index contributed by atoms with van der Waals surface area (Å²) in [4.78, 5) is 32.0. The number of piperidine rings is 1. The molecule has 0 N–H and O–H groups in total. The average molecular weight is 378 g/mol. The summed E-state index contributed by atoms with van der Waals surface area (Å²) in [6, 6.07) is 11.9. The van der Waals surface area contributed by atoms with Gasteiger partial charge >= 0.3 is 6.09 Å². The largest absolute Gasteiger partial charge is 0.445 e. The lowest BCUT2D eigenvalue weighted by molar-refractivity contribution is 0.0483. The molecule has 2 saturated heterocycles. The number of amides is 1. The van der Waals surface area contributed by atoms with Crippen molar-refractivity contribution in [2.45, 2.75) is 58.2 Å². The van der Waals surface area contributed by atoms with E-state index in [0.717, 1.165) is 29.5 Å². The van der Waals surface area contributed by atoms with E-state index in [1.807, 2.05) is 55.1 Å². The number of ether oxygens (including phenoxy) is 1. The molecular weight excluding hydrogens is 352 g/mol. The van der Waals surface area contributed by atoms with E-state index in [9.17, 15) is 9.59 Å². The maximum Gasteiger partial charge on any atom is 0.410 e. The Morgan fingerprint density at radius 1 is 1.11 bits per heavy atom. The van der Waals surface area contributed by atoms with Crippen LogP contribution in [0.4, 0.5) is 4.79 Å². The van der Waals surface area contributed by atoms with Gasteiger partial charge in [-0.2, -0.15) is 0 Å². The smallest absolute Gasteiger partial charge is 0.410 e. The molecule has 1 aromatic heterocycles. The first-order chi connectivity index (χ1) is 13.5. The normalized spacial score (nSPS) is 23.5. The number of fused-ring (bicyclic) bond motifs is 2. The lowest BCUT2D eigenvalue weighted by Crippen LogP contribution is -2.48. The number of ketones is 1. The predicted octanol–water partition coefficient (Wildman–Crippen LogP) is 4.46. The molecule has 4 rings (SSSR count). The van der Waals surface area contributed by atoms with E-state index in [4.69, 9.17) is 4.74 Å². The Kier molecular flexibility index (Phi) is 5.16. The number of hydrogen-bond donors (Lipinski definition) is 0. The summed E-state index contributed by atoms with van der Waals surface area (Å²) in [5.41, 5.74) is 3.55. The molecule has 2 aliphatic rings. The van der Waals surface area contributed by atoms with Gasteiger partial charge < -0.3 is 9.64 Å². The molecule has 28 heavy (non-hydrogen) atoms. The fourth-order valence-corrected chi connectivity index (χ4v) is 4.65. The SMILES string of the molecule is Cc1cnc(C(=O)C2CC3CCC(C2)N3C(=O)OCc2ccccc2)c(C)c1. The Balaban J connectivity index is 1.41. The molecule has 0 radical (unpaired) electrons. The van der Waals surface area contributed by atoms with Crippen LogP contribution in [-0.4, -0.2) is 33.8 Å². The maximum atomic E-state index is 13.0. The molecule has 2 atom stereocenters. The van der Waals surface area contributed by atoms with Gasteiger partial charge in [0.15, 0.2) is 5.78 Å². The molecular formula is C23H26N2O3. The zero-order chi connectivity index (χ0) is 19.7. The zero-order valence-electron chi connectivity index (χ0n) is 16.4. The first-order valence-electron chi connectivity index (χ1n) is 9.99. The standard InChI is InChI=1S/C23H26N2O3/c1-15-10-16(2)21(24-13-15)22(26)18-11-19-8-9-20(12-18)25(19)23(27)28-14-17-6-4-3-5-7-17/h3-7,10,13,18-20H,8-9,11-12,14H2,1-2H3. The Labute approximate surface area is 165 Å². The highest BCUT2D eigenvalue weighted by Crippen LogP contribution is 2.40. The minimum absolute atomic E-state index is 0.0652. The van der Waals surface area contributed by atoms with Crippen LogP contribution in [0.1, 0.15) is 52.9 Å². The van der Waals surface area contributed by atoms with Gasteiger partial charge in [-0.05, 0) is 56.2 Å². The third-order valence-corrected chi connectivity index (χ3v) is 5.97. The van der Waals surface area contributed by atoms with Crippen molar-refractivity contribution in [3.63, 3.8) is 0 Å². The number of hydrogen-bond acceptors (Lipinski definition) is 4. The molecule has 5 nitrogen and oxygen atoms in total. The fourth-order valence-electron chi connectivity index (χ4n) is 4.65. The Morgan fingerprint density at radius 3 is 2.43 bits per heavy atom. The van der Waals surface area contributed by atoms with Crippen molar-refractivity contribution in [2.75, 3.05) is 0 Å². The van der Waals surface area contributed by atoms with E-state index in [0.29, 0.717) is 18.5 Å². The van der Waals surface area contributed by atoms with Gasteiger partial charge in [-0.15, -0.1) is 0 Å². The minimum atomic E-state index is -0.258. The summed E-state index contributed by atoms with van der Waals surface area (Å²) >= 11 is 0. The quantitative estimate of drug-likeness (QED) is 0.737. The molecule has 2 unspecified atom stereocenters. The fraction of sp³-hybridized carbons (Fsp3) is 0.435. The molecule has 0 aliphatic carbocycles. The van der Waals surface area contributed by atoms with Gasteiger partial charge in [0, 0.05) is 24.2 Å². The van der Waals surface area contributed by atoms with Crippen molar-refractivity contribution in [3.05, 3.63) is 65.0 Å². The van der Waals surface area contributed by atoms with Crippen molar-refractivity contribution >= 4 is 11.9 Å². The number of benzene rings is 1. The molecule has 3 heterocycles. The first kappa shape index (κ1) is 18.7. The van der Waals surface area contributed by atoms with Crippen LogP contribution >= 0.6 is 0 Å². The lowest BCUT2D eigenvalue weighted by atomic mass is 9.85. The monoisotopic (exact) mass is 378 g/mol. The predicted molar refractivity (Wildman–Crippen MR) is 106 cm³/mol. The number of carbonyl (C=O) groups excluding carboxylic acids is 2. The van der Waals surface area contributed by atoms with E-state index in [2.05, 4.69) is 4.98 Å². The summed E-state index contributed by atoms with van der Waals surface area (Å²) in [5.74, 6) is 0.0521. The second-order valence-electron chi connectivity index (χ2n) is 8.04. The minimum Gasteiger partial charge on any atom is -0.445 e. The van der Waals surface area contributed by atoms with Gasteiger partial charge in [-0.1, -0.05) is 36.4 Å². The van der Waals surface area contributed by atoms with Crippen molar-refractivity contribution < 1.29 is 14.3 Å². The Bertz CT molecular complexity index is 867. The molecule has 1 amide bonds. The average Bonchev–Trinajstić information content (AvgIpc) is 2.96. The first-order valence-corrected chi connectivity index (χ1v) is 9.99.